The van der Waals surface area contributed by atoms with E-state index in [1.807, 2.05) is 0 Å². The molecular formula is C16H9BrClN3O2S. The predicted octanol–water partition coefficient (Wildman–Crippen LogP) is 3.33. The zero-order valence-electron chi connectivity index (χ0n) is 12.0. The van der Waals surface area contributed by atoms with Gasteiger partial charge in [-0.05, 0) is 70.6 Å². The number of hydrogen-bond acceptors (Lipinski definition) is 4. The SMILES string of the molecule is O=C1NC(=S)N(c2ccc(Cl)cc2)C(=O)C1=Cc1cccc(Br)n1. The van der Waals surface area contributed by atoms with E-state index in [2.05, 4.69) is 26.2 Å². The number of aromatic nitrogens is 1. The molecule has 1 aliphatic rings. The number of pyridine rings is 1. The highest BCUT2D eigenvalue weighted by Gasteiger charge is 2.34. The van der Waals surface area contributed by atoms with Gasteiger partial charge < -0.3 is 0 Å². The molecule has 1 saturated heterocycles. The Morgan fingerprint density at radius 3 is 2.54 bits per heavy atom. The lowest BCUT2D eigenvalue weighted by Crippen LogP contribution is -2.54. The van der Waals surface area contributed by atoms with Crippen LogP contribution in [0.3, 0.4) is 0 Å². The summed E-state index contributed by atoms with van der Waals surface area (Å²) in [5.41, 5.74) is 0.943. The highest BCUT2D eigenvalue weighted by molar-refractivity contribution is 9.10. The first-order valence-corrected chi connectivity index (χ1v) is 8.33. The molecule has 5 nitrogen and oxygen atoms in total. The van der Waals surface area contributed by atoms with Crippen molar-refractivity contribution in [1.29, 1.82) is 0 Å². The van der Waals surface area contributed by atoms with E-state index < -0.39 is 11.8 Å². The molecule has 1 aliphatic heterocycles. The minimum absolute atomic E-state index is 0.0201. The predicted molar refractivity (Wildman–Crippen MR) is 99.6 cm³/mol. The number of halogens is 2. The molecule has 2 heterocycles. The van der Waals surface area contributed by atoms with Gasteiger partial charge in [0, 0.05) is 5.02 Å². The van der Waals surface area contributed by atoms with Gasteiger partial charge in [0.05, 0.1) is 11.4 Å². The number of nitrogens with one attached hydrogen (secondary N) is 1. The summed E-state index contributed by atoms with van der Waals surface area (Å²) in [4.78, 5) is 30.4. The molecule has 0 atom stereocenters. The van der Waals surface area contributed by atoms with Crippen LogP contribution in [0.5, 0.6) is 0 Å². The molecule has 1 aromatic carbocycles. The van der Waals surface area contributed by atoms with Crippen LogP contribution in [-0.4, -0.2) is 21.9 Å². The largest absolute Gasteiger partial charge is 0.298 e. The molecular weight excluding hydrogens is 414 g/mol. The van der Waals surface area contributed by atoms with E-state index >= 15 is 0 Å². The molecule has 0 bridgehead atoms. The van der Waals surface area contributed by atoms with Crippen molar-refractivity contribution in [3.05, 3.63) is 63.4 Å². The second-order valence-electron chi connectivity index (χ2n) is 4.82. The van der Waals surface area contributed by atoms with Gasteiger partial charge in [0.25, 0.3) is 11.8 Å². The van der Waals surface area contributed by atoms with Crippen LogP contribution in [0, 0.1) is 0 Å². The minimum atomic E-state index is -0.558. The molecule has 24 heavy (non-hydrogen) atoms. The van der Waals surface area contributed by atoms with Gasteiger partial charge in [0.2, 0.25) is 0 Å². The zero-order valence-corrected chi connectivity index (χ0v) is 15.2. The van der Waals surface area contributed by atoms with Gasteiger partial charge in [0.1, 0.15) is 10.2 Å². The van der Waals surface area contributed by atoms with Gasteiger partial charge >= 0.3 is 0 Å². The van der Waals surface area contributed by atoms with E-state index in [0.717, 1.165) is 0 Å². The summed E-state index contributed by atoms with van der Waals surface area (Å²) in [6, 6.07) is 11.8. The lowest BCUT2D eigenvalue weighted by molar-refractivity contribution is -0.122. The second kappa shape index (κ2) is 6.80. The summed E-state index contributed by atoms with van der Waals surface area (Å²) >= 11 is 14.2. The quantitative estimate of drug-likeness (QED) is 0.349. The molecule has 3 rings (SSSR count). The Kier molecular flexibility index (Phi) is 4.75. The summed E-state index contributed by atoms with van der Waals surface area (Å²) < 4.78 is 0.602. The number of anilines is 1. The van der Waals surface area contributed by atoms with Crippen molar-refractivity contribution < 1.29 is 9.59 Å². The lowest BCUT2D eigenvalue weighted by Gasteiger charge is -2.28. The highest BCUT2D eigenvalue weighted by Crippen LogP contribution is 2.23. The summed E-state index contributed by atoms with van der Waals surface area (Å²) in [6.07, 6.45) is 1.42. The molecule has 0 aliphatic carbocycles. The van der Waals surface area contributed by atoms with Gasteiger partial charge in [-0.1, -0.05) is 17.7 Å². The van der Waals surface area contributed by atoms with Crippen molar-refractivity contribution in [2.75, 3.05) is 4.90 Å². The molecule has 2 amide bonds. The number of carbonyl (C=O) groups excluding carboxylic acids is 2. The van der Waals surface area contributed by atoms with Crippen LogP contribution in [0.2, 0.25) is 5.02 Å². The number of amides is 2. The highest BCUT2D eigenvalue weighted by atomic mass is 79.9. The first kappa shape index (κ1) is 16.8. The third-order valence-corrected chi connectivity index (χ3v) is 4.19. The fourth-order valence-electron chi connectivity index (χ4n) is 2.13. The van der Waals surface area contributed by atoms with Crippen LogP contribution in [0.1, 0.15) is 5.69 Å². The third-order valence-electron chi connectivity index (χ3n) is 3.22. The summed E-state index contributed by atoms with van der Waals surface area (Å²) in [6.45, 7) is 0. The van der Waals surface area contributed by atoms with E-state index in [1.165, 1.54) is 11.0 Å². The van der Waals surface area contributed by atoms with Crippen LogP contribution in [-0.2, 0) is 9.59 Å². The number of thiocarbonyl (C=S) groups is 1. The van der Waals surface area contributed by atoms with Crippen LogP contribution in [0.25, 0.3) is 6.08 Å². The van der Waals surface area contributed by atoms with E-state index in [9.17, 15) is 9.59 Å². The van der Waals surface area contributed by atoms with Crippen LogP contribution in [0.15, 0.2) is 52.6 Å². The first-order valence-electron chi connectivity index (χ1n) is 6.75. The number of benzene rings is 1. The molecule has 1 fully saturated rings. The maximum Gasteiger partial charge on any atom is 0.270 e. The fraction of sp³-hybridized carbons (Fsp3) is 0. The first-order chi connectivity index (χ1) is 11.5. The van der Waals surface area contributed by atoms with E-state index in [1.54, 1.807) is 42.5 Å². The van der Waals surface area contributed by atoms with Crippen molar-refractivity contribution in [2.45, 2.75) is 0 Å². The Hall–Kier alpha value is -2.09. The summed E-state index contributed by atoms with van der Waals surface area (Å²) in [5, 5.41) is 3.07. The van der Waals surface area contributed by atoms with Crippen molar-refractivity contribution in [2.24, 2.45) is 0 Å². The Morgan fingerprint density at radius 2 is 1.88 bits per heavy atom. The van der Waals surface area contributed by atoms with Crippen molar-refractivity contribution in [1.82, 2.24) is 10.3 Å². The smallest absolute Gasteiger partial charge is 0.270 e. The molecule has 2 aromatic rings. The van der Waals surface area contributed by atoms with Gasteiger partial charge in [0.15, 0.2) is 5.11 Å². The standard InChI is InChI=1S/C16H9BrClN3O2S/c17-13-3-1-2-10(19-13)8-12-14(22)20-16(24)21(15(12)23)11-6-4-9(18)5-7-11/h1-8H,(H,20,22,24). The number of nitrogens with zero attached hydrogens (tertiary/aromatic N) is 2. The van der Waals surface area contributed by atoms with Gasteiger partial charge in [-0.25, -0.2) is 4.98 Å². The molecule has 8 heteroatoms. The third kappa shape index (κ3) is 3.38. The Bertz CT molecular complexity index is 883. The Morgan fingerprint density at radius 1 is 1.17 bits per heavy atom. The van der Waals surface area contributed by atoms with Crippen molar-refractivity contribution >= 4 is 68.4 Å². The second-order valence-corrected chi connectivity index (χ2v) is 6.46. The molecule has 1 aromatic heterocycles. The Balaban J connectivity index is 2.01. The summed E-state index contributed by atoms with van der Waals surface area (Å²) in [7, 11) is 0. The monoisotopic (exact) mass is 421 g/mol. The van der Waals surface area contributed by atoms with E-state index in [4.69, 9.17) is 23.8 Å². The van der Waals surface area contributed by atoms with Gasteiger partial charge in [-0.2, -0.15) is 0 Å². The molecule has 0 unspecified atom stereocenters. The van der Waals surface area contributed by atoms with E-state index in [-0.39, 0.29) is 10.7 Å². The number of rotatable bonds is 2. The van der Waals surface area contributed by atoms with Crippen LogP contribution < -0.4 is 10.2 Å². The van der Waals surface area contributed by atoms with Crippen LogP contribution >= 0.6 is 39.7 Å². The molecule has 1 N–H and O–H groups in total. The molecule has 0 radical (unpaired) electrons. The fourth-order valence-corrected chi connectivity index (χ4v) is 2.90. The normalized spacial score (nSPS) is 16.5. The number of hydrogen-bond donors (Lipinski definition) is 1. The van der Waals surface area contributed by atoms with Gasteiger partial charge in [-0.3, -0.25) is 19.8 Å². The molecule has 0 spiro atoms. The van der Waals surface area contributed by atoms with Crippen molar-refractivity contribution in [3.8, 4) is 0 Å². The van der Waals surface area contributed by atoms with Crippen LogP contribution in [0.4, 0.5) is 5.69 Å². The van der Waals surface area contributed by atoms with Crippen molar-refractivity contribution in [3.63, 3.8) is 0 Å². The zero-order chi connectivity index (χ0) is 17.3. The van der Waals surface area contributed by atoms with Gasteiger partial charge in [-0.15, -0.1) is 0 Å². The van der Waals surface area contributed by atoms with E-state index in [0.29, 0.717) is 21.0 Å². The number of carbonyl (C=O) groups is 2. The maximum absolute atomic E-state index is 12.8. The summed E-state index contributed by atoms with van der Waals surface area (Å²) in [5.74, 6) is -1.08. The average molecular weight is 423 g/mol. The molecule has 120 valence electrons. The topological polar surface area (TPSA) is 62.3 Å². The Labute approximate surface area is 156 Å². The molecule has 0 saturated carbocycles. The average Bonchev–Trinajstić information content (AvgIpc) is 2.53. The lowest BCUT2D eigenvalue weighted by atomic mass is 10.1. The maximum atomic E-state index is 12.8. The minimum Gasteiger partial charge on any atom is -0.298 e.